The SMILES string of the molecule is O=C1O/C(=C\c2ccccc2)c2c(I)c(I)c(I)c(I)c21. The van der Waals surface area contributed by atoms with Crippen LogP contribution in [0.1, 0.15) is 21.5 Å². The molecule has 6 heteroatoms. The molecule has 0 saturated carbocycles. The molecule has 0 aromatic heterocycles. The molecule has 1 aliphatic heterocycles. The number of ether oxygens (including phenoxy) is 1. The zero-order chi connectivity index (χ0) is 15.1. The molecule has 0 atom stereocenters. The zero-order valence-corrected chi connectivity index (χ0v) is 18.9. The number of carbonyl (C=O) groups is 1. The minimum Gasteiger partial charge on any atom is -0.422 e. The van der Waals surface area contributed by atoms with E-state index in [1.54, 1.807) is 0 Å². The first kappa shape index (κ1) is 16.4. The van der Waals surface area contributed by atoms with Crippen LogP contribution in [-0.2, 0) is 4.74 Å². The summed E-state index contributed by atoms with van der Waals surface area (Å²) in [5, 5.41) is 0. The van der Waals surface area contributed by atoms with E-state index in [-0.39, 0.29) is 5.97 Å². The fourth-order valence-corrected chi connectivity index (χ4v) is 5.73. The number of esters is 1. The Morgan fingerprint density at radius 3 is 2.00 bits per heavy atom. The lowest BCUT2D eigenvalue weighted by atomic mass is 10.1. The van der Waals surface area contributed by atoms with Crippen molar-refractivity contribution in [1.29, 1.82) is 0 Å². The second-order valence-electron chi connectivity index (χ2n) is 4.31. The van der Waals surface area contributed by atoms with Gasteiger partial charge in [-0.15, -0.1) is 0 Å². The summed E-state index contributed by atoms with van der Waals surface area (Å²) in [6, 6.07) is 9.89. The van der Waals surface area contributed by atoms with Crippen LogP contribution in [0.3, 0.4) is 0 Å². The Bertz CT molecular complexity index is 782. The summed E-state index contributed by atoms with van der Waals surface area (Å²) < 4.78 is 9.82. The number of hydrogen-bond donors (Lipinski definition) is 0. The van der Waals surface area contributed by atoms with Crippen LogP contribution in [0.25, 0.3) is 11.8 Å². The number of fused-ring (bicyclic) bond motifs is 1. The molecule has 0 unspecified atom stereocenters. The first-order chi connectivity index (χ1) is 10.0. The molecule has 1 aliphatic rings. The molecule has 106 valence electrons. The Kier molecular flexibility index (Phi) is 5.16. The highest BCUT2D eigenvalue weighted by Crippen LogP contribution is 2.41. The minimum absolute atomic E-state index is 0.260. The monoisotopic (exact) mass is 726 g/mol. The summed E-state index contributed by atoms with van der Waals surface area (Å²) in [5.74, 6) is 0.377. The van der Waals surface area contributed by atoms with Crippen molar-refractivity contribution >= 4 is 108 Å². The van der Waals surface area contributed by atoms with Crippen molar-refractivity contribution in [3.8, 4) is 0 Å². The van der Waals surface area contributed by atoms with Gasteiger partial charge in [0.2, 0.25) is 0 Å². The van der Waals surface area contributed by atoms with Gasteiger partial charge < -0.3 is 4.74 Å². The lowest BCUT2D eigenvalue weighted by Crippen LogP contribution is -2.03. The lowest BCUT2D eigenvalue weighted by molar-refractivity contribution is 0.0716. The fraction of sp³-hybridized carbons (Fsp3) is 0. The maximum atomic E-state index is 12.2. The number of halogens is 4. The molecule has 21 heavy (non-hydrogen) atoms. The van der Waals surface area contributed by atoms with Crippen LogP contribution in [0.5, 0.6) is 0 Å². The molecular weight excluding hydrogens is 720 g/mol. The van der Waals surface area contributed by atoms with E-state index in [0.29, 0.717) is 11.3 Å². The van der Waals surface area contributed by atoms with Gasteiger partial charge >= 0.3 is 5.97 Å². The Labute approximate surface area is 176 Å². The molecule has 0 saturated heterocycles. The third-order valence-corrected chi connectivity index (χ3v) is 10.4. The van der Waals surface area contributed by atoms with Crippen molar-refractivity contribution in [3.05, 3.63) is 61.3 Å². The summed E-state index contributed by atoms with van der Waals surface area (Å²) in [5.41, 5.74) is 2.62. The number of rotatable bonds is 1. The molecule has 0 bridgehead atoms. The normalized spacial score (nSPS) is 15.2. The van der Waals surface area contributed by atoms with Crippen LogP contribution >= 0.6 is 90.4 Å². The van der Waals surface area contributed by atoms with E-state index in [2.05, 4.69) is 90.4 Å². The highest BCUT2D eigenvalue weighted by molar-refractivity contribution is 14.1. The van der Waals surface area contributed by atoms with Gasteiger partial charge in [-0.25, -0.2) is 4.79 Å². The van der Waals surface area contributed by atoms with Gasteiger partial charge in [-0.2, -0.15) is 0 Å². The number of cyclic esters (lactones) is 1. The summed E-state index contributed by atoms with van der Waals surface area (Å²) in [7, 11) is 0. The molecule has 0 spiro atoms. The quantitative estimate of drug-likeness (QED) is 0.162. The number of carbonyl (C=O) groups excluding carboxylic acids is 1. The van der Waals surface area contributed by atoms with Gasteiger partial charge in [0.15, 0.2) is 0 Å². The van der Waals surface area contributed by atoms with Crippen molar-refractivity contribution in [1.82, 2.24) is 0 Å². The average molecular weight is 726 g/mol. The van der Waals surface area contributed by atoms with Gasteiger partial charge in [0.1, 0.15) is 5.76 Å². The third kappa shape index (κ3) is 3.01. The predicted octanol–water partition coefficient (Wildman–Crippen LogP) is 5.77. The van der Waals surface area contributed by atoms with Crippen LogP contribution in [0.2, 0.25) is 0 Å². The van der Waals surface area contributed by atoms with E-state index in [1.807, 2.05) is 36.4 Å². The Hall–Kier alpha value is 0.570. The maximum Gasteiger partial charge on any atom is 0.345 e. The van der Waals surface area contributed by atoms with Gasteiger partial charge in [0.05, 0.1) is 5.56 Å². The van der Waals surface area contributed by atoms with E-state index in [4.69, 9.17) is 4.74 Å². The molecule has 1 heterocycles. The van der Waals surface area contributed by atoms with Crippen LogP contribution in [-0.4, -0.2) is 5.97 Å². The predicted molar refractivity (Wildman–Crippen MR) is 117 cm³/mol. The molecule has 2 aromatic rings. The summed E-state index contributed by atoms with van der Waals surface area (Å²) >= 11 is 9.12. The standard InChI is InChI=1S/C15H6I4O2/c16-11-9-8(6-7-4-2-1-3-5-7)21-15(20)10(9)12(17)14(19)13(11)18/h1-6H/b8-6-. The first-order valence-corrected chi connectivity index (χ1v) is 10.2. The van der Waals surface area contributed by atoms with Gasteiger partial charge in [-0.05, 0) is 102 Å². The first-order valence-electron chi connectivity index (χ1n) is 5.86. The largest absolute Gasteiger partial charge is 0.422 e. The molecule has 0 N–H and O–H groups in total. The third-order valence-electron chi connectivity index (χ3n) is 3.02. The molecule has 3 rings (SSSR count). The highest BCUT2D eigenvalue weighted by atomic mass is 127. The second kappa shape index (κ2) is 6.59. The average Bonchev–Trinajstić information content (AvgIpc) is 2.80. The Morgan fingerprint density at radius 1 is 0.810 bits per heavy atom. The summed E-state index contributed by atoms with van der Waals surface area (Å²) in [6.07, 6.45) is 1.92. The van der Waals surface area contributed by atoms with Gasteiger partial charge in [-0.3, -0.25) is 0 Å². The molecule has 2 nitrogen and oxygen atoms in total. The Balaban J connectivity index is 2.25. The van der Waals surface area contributed by atoms with Crippen molar-refractivity contribution in [2.75, 3.05) is 0 Å². The van der Waals surface area contributed by atoms with Crippen molar-refractivity contribution in [2.24, 2.45) is 0 Å². The zero-order valence-electron chi connectivity index (χ0n) is 10.3. The maximum absolute atomic E-state index is 12.2. The van der Waals surface area contributed by atoms with Gasteiger partial charge in [-0.1, -0.05) is 30.3 Å². The minimum atomic E-state index is -0.260. The topological polar surface area (TPSA) is 26.3 Å². The van der Waals surface area contributed by atoms with Crippen LogP contribution < -0.4 is 0 Å². The van der Waals surface area contributed by atoms with E-state index in [0.717, 1.165) is 25.4 Å². The Morgan fingerprint density at radius 2 is 1.38 bits per heavy atom. The van der Waals surface area contributed by atoms with Crippen molar-refractivity contribution in [2.45, 2.75) is 0 Å². The smallest absolute Gasteiger partial charge is 0.345 e. The summed E-state index contributed by atoms with van der Waals surface area (Å²) in [4.78, 5) is 12.2. The highest BCUT2D eigenvalue weighted by Gasteiger charge is 2.34. The molecule has 0 amide bonds. The van der Waals surface area contributed by atoms with Crippen molar-refractivity contribution in [3.63, 3.8) is 0 Å². The number of hydrogen-bond acceptors (Lipinski definition) is 2. The summed E-state index contributed by atoms with van der Waals surface area (Å²) in [6.45, 7) is 0. The van der Waals surface area contributed by atoms with E-state index in [1.165, 1.54) is 0 Å². The molecule has 0 fully saturated rings. The lowest BCUT2D eigenvalue weighted by Gasteiger charge is -2.08. The van der Waals surface area contributed by atoms with E-state index >= 15 is 0 Å². The van der Waals surface area contributed by atoms with Gasteiger partial charge in [0.25, 0.3) is 0 Å². The number of benzene rings is 2. The molecule has 0 radical (unpaired) electrons. The molecule has 0 aliphatic carbocycles. The van der Waals surface area contributed by atoms with Gasteiger partial charge in [0, 0.05) is 19.8 Å². The fourth-order valence-electron chi connectivity index (χ4n) is 2.06. The van der Waals surface area contributed by atoms with Crippen molar-refractivity contribution < 1.29 is 9.53 Å². The van der Waals surface area contributed by atoms with Crippen LogP contribution in [0, 0.1) is 14.3 Å². The van der Waals surface area contributed by atoms with E-state index < -0.39 is 0 Å². The second-order valence-corrected chi connectivity index (χ2v) is 8.63. The molecule has 2 aromatic carbocycles. The van der Waals surface area contributed by atoms with E-state index in [9.17, 15) is 4.79 Å². The molecular formula is C15H6I4O2. The van der Waals surface area contributed by atoms with Crippen LogP contribution in [0.4, 0.5) is 0 Å². The van der Waals surface area contributed by atoms with Crippen LogP contribution in [0.15, 0.2) is 30.3 Å².